The van der Waals surface area contributed by atoms with Crippen molar-refractivity contribution in [1.29, 1.82) is 0 Å². The lowest BCUT2D eigenvalue weighted by Crippen LogP contribution is -2.30. The van der Waals surface area contributed by atoms with Crippen molar-refractivity contribution in [3.63, 3.8) is 0 Å². The molecule has 0 amide bonds. The monoisotopic (exact) mass is 181 g/mol. The van der Waals surface area contributed by atoms with Crippen molar-refractivity contribution in [1.82, 2.24) is 9.78 Å². The van der Waals surface area contributed by atoms with E-state index in [9.17, 15) is 4.79 Å². The van der Waals surface area contributed by atoms with E-state index in [4.69, 9.17) is 10.8 Å². The molecule has 2 rings (SSSR count). The number of aryl methyl sites for hydroxylation is 1. The molecule has 0 fully saturated rings. The number of carboxylic acid groups (broad SMARTS) is 1. The first-order valence-electron chi connectivity index (χ1n) is 4.22. The number of carbonyl (C=O) groups is 1. The number of aromatic carboxylic acids is 1. The molecule has 1 atom stereocenters. The van der Waals surface area contributed by atoms with E-state index in [1.54, 1.807) is 10.7 Å². The van der Waals surface area contributed by atoms with Gasteiger partial charge < -0.3 is 10.8 Å². The lowest BCUT2D eigenvalue weighted by Gasteiger charge is -2.18. The quantitative estimate of drug-likeness (QED) is 0.631. The van der Waals surface area contributed by atoms with Crippen LogP contribution in [-0.2, 0) is 13.0 Å². The standard InChI is InChI=1S/C8H11N3O2/c9-5-1-2-11-6(3-5)4-7(10-11)8(12)13/h4-5H,1-3,9H2,(H,12,13). The molecular weight excluding hydrogens is 170 g/mol. The van der Waals surface area contributed by atoms with Gasteiger partial charge in [-0.2, -0.15) is 5.10 Å². The van der Waals surface area contributed by atoms with Crippen LogP contribution in [0.2, 0.25) is 0 Å². The molecule has 1 aromatic heterocycles. The molecule has 1 aliphatic rings. The van der Waals surface area contributed by atoms with E-state index in [0.717, 1.165) is 25.1 Å². The maximum absolute atomic E-state index is 10.6. The molecule has 1 aliphatic heterocycles. The summed E-state index contributed by atoms with van der Waals surface area (Å²) in [4.78, 5) is 10.6. The summed E-state index contributed by atoms with van der Waals surface area (Å²) in [6, 6.07) is 1.74. The molecule has 1 unspecified atom stereocenters. The van der Waals surface area contributed by atoms with Gasteiger partial charge in [0.05, 0.1) is 0 Å². The Morgan fingerprint density at radius 3 is 3.23 bits per heavy atom. The van der Waals surface area contributed by atoms with Gasteiger partial charge in [0.15, 0.2) is 5.69 Å². The highest BCUT2D eigenvalue weighted by Crippen LogP contribution is 2.14. The molecule has 0 saturated heterocycles. The van der Waals surface area contributed by atoms with Gasteiger partial charge >= 0.3 is 5.97 Å². The SMILES string of the molecule is NC1CCn2nc(C(=O)O)cc2C1. The highest BCUT2D eigenvalue weighted by molar-refractivity contribution is 5.85. The topological polar surface area (TPSA) is 81.1 Å². The summed E-state index contributed by atoms with van der Waals surface area (Å²) >= 11 is 0. The summed E-state index contributed by atoms with van der Waals surface area (Å²) in [5.41, 5.74) is 6.79. The number of aromatic nitrogens is 2. The third-order valence-corrected chi connectivity index (χ3v) is 2.27. The van der Waals surface area contributed by atoms with Gasteiger partial charge in [-0.1, -0.05) is 0 Å². The Labute approximate surface area is 75.2 Å². The zero-order chi connectivity index (χ0) is 9.42. The summed E-state index contributed by atoms with van der Waals surface area (Å²) in [5.74, 6) is -0.976. The van der Waals surface area contributed by atoms with E-state index in [1.807, 2.05) is 0 Å². The Balaban J connectivity index is 2.33. The minimum atomic E-state index is -0.976. The van der Waals surface area contributed by atoms with E-state index in [1.165, 1.54) is 0 Å². The first kappa shape index (κ1) is 8.25. The van der Waals surface area contributed by atoms with Gasteiger partial charge in [0.1, 0.15) is 0 Å². The van der Waals surface area contributed by atoms with Gasteiger partial charge in [-0.05, 0) is 12.5 Å². The third kappa shape index (κ3) is 1.42. The van der Waals surface area contributed by atoms with E-state index in [0.29, 0.717) is 0 Å². The fourth-order valence-electron chi connectivity index (χ4n) is 1.58. The minimum absolute atomic E-state index is 0.115. The second-order valence-electron chi connectivity index (χ2n) is 3.30. The van der Waals surface area contributed by atoms with Crippen molar-refractivity contribution >= 4 is 5.97 Å². The van der Waals surface area contributed by atoms with Crippen molar-refractivity contribution in [2.24, 2.45) is 5.73 Å². The molecule has 70 valence electrons. The van der Waals surface area contributed by atoms with E-state index >= 15 is 0 Å². The molecule has 13 heavy (non-hydrogen) atoms. The Bertz CT molecular complexity index is 345. The molecule has 0 saturated carbocycles. The van der Waals surface area contributed by atoms with Crippen LogP contribution in [0.1, 0.15) is 22.6 Å². The number of rotatable bonds is 1. The summed E-state index contributed by atoms with van der Waals surface area (Å²) in [5, 5.41) is 12.6. The Hall–Kier alpha value is -1.36. The average Bonchev–Trinajstić information content (AvgIpc) is 2.46. The van der Waals surface area contributed by atoms with Crippen LogP contribution < -0.4 is 5.73 Å². The van der Waals surface area contributed by atoms with Crippen LogP contribution in [0.3, 0.4) is 0 Å². The summed E-state index contributed by atoms with van der Waals surface area (Å²) in [7, 11) is 0. The van der Waals surface area contributed by atoms with Crippen LogP contribution in [0.5, 0.6) is 0 Å². The van der Waals surface area contributed by atoms with E-state index in [2.05, 4.69) is 5.10 Å². The Morgan fingerprint density at radius 2 is 2.54 bits per heavy atom. The Kier molecular flexibility index (Phi) is 1.81. The van der Waals surface area contributed by atoms with Crippen LogP contribution in [0.4, 0.5) is 0 Å². The highest BCUT2D eigenvalue weighted by atomic mass is 16.4. The number of hydrogen-bond donors (Lipinski definition) is 2. The smallest absolute Gasteiger partial charge is 0.356 e. The molecule has 3 N–H and O–H groups in total. The molecule has 0 radical (unpaired) electrons. The van der Waals surface area contributed by atoms with Gasteiger partial charge in [0.2, 0.25) is 0 Å². The van der Waals surface area contributed by atoms with Crippen molar-refractivity contribution in [3.8, 4) is 0 Å². The summed E-state index contributed by atoms with van der Waals surface area (Å²) < 4.78 is 1.73. The van der Waals surface area contributed by atoms with Gasteiger partial charge in [-0.3, -0.25) is 4.68 Å². The van der Waals surface area contributed by atoms with Crippen molar-refractivity contribution in [2.75, 3.05) is 0 Å². The molecule has 0 spiro atoms. The van der Waals surface area contributed by atoms with Gasteiger partial charge in [0, 0.05) is 24.7 Å². The molecule has 1 aromatic rings. The van der Waals surface area contributed by atoms with Gasteiger partial charge in [-0.25, -0.2) is 4.79 Å². The fraction of sp³-hybridized carbons (Fsp3) is 0.500. The number of hydrogen-bond acceptors (Lipinski definition) is 3. The first-order chi connectivity index (χ1) is 6.16. The van der Waals surface area contributed by atoms with Crippen molar-refractivity contribution in [3.05, 3.63) is 17.5 Å². The number of fused-ring (bicyclic) bond motifs is 1. The molecule has 5 nitrogen and oxygen atoms in total. The highest BCUT2D eigenvalue weighted by Gasteiger charge is 2.19. The Morgan fingerprint density at radius 1 is 1.77 bits per heavy atom. The third-order valence-electron chi connectivity index (χ3n) is 2.27. The normalized spacial score (nSPS) is 21.2. The van der Waals surface area contributed by atoms with Crippen LogP contribution in [0.15, 0.2) is 6.07 Å². The lowest BCUT2D eigenvalue weighted by molar-refractivity contribution is 0.0689. The van der Waals surface area contributed by atoms with Crippen LogP contribution in [0.25, 0.3) is 0 Å². The maximum atomic E-state index is 10.6. The average molecular weight is 181 g/mol. The number of nitrogens with zero attached hydrogens (tertiary/aromatic N) is 2. The number of carboxylic acids is 1. The first-order valence-corrected chi connectivity index (χ1v) is 4.22. The number of nitrogens with two attached hydrogens (primary N) is 1. The molecule has 5 heteroatoms. The molecular formula is C8H11N3O2. The molecule has 0 bridgehead atoms. The van der Waals surface area contributed by atoms with E-state index < -0.39 is 5.97 Å². The zero-order valence-electron chi connectivity index (χ0n) is 7.10. The molecule has 0 aromatic carbocycles. The summed E-state index contributed by atoms with van der Waals surface area (Å²) in [6.07, 6.45) is 1.59. The maximum Gasteiger partial charge on any atom is 0.356 e. The van der Waals surface area contributed by atoms with Crippen LogP contribution >= 0.6 is 0 Å². The van der Waals surface area contributed by atoms with Crippen LogP contribution in [-0.4, -0.2) is 26.9 Å². The van der Waals surface area contributed by atoms with Crippen LogP contribution in [0, 0.1) is 0 Å². The van der Waals surface area contributed by atoms with Gasteiger partial charge in [-0.15, -0.1) is 0 Å². The zero-order valence-corrected chi connectivity index (χ0v) is 7.10. The van der Waals surface area contributed by atoms with E-state index in [-0.39, 0.29) is 11.7 Å². The van der Waals surface area contributed by atoms with Crippen molar-refractivity contribution in [2.45, 2.75) is 25.4 Å². The lowest BCUT2D eigenvalue weighted by atomic mass is 10.1. The molecule has 2 heterocycles. The summed E-state index contributed by atoms with van der Waals surface area (Å²) in [6.45, 7) is 0.726. The second-order valence-corrected chi connectivity index (χ2v) is 3.30. The van der Waals surface area contributed by atoms with Crippen molar-refractivity contribution < 1.29 is 9.90 Å². The van der Waals surface area contributed by atoms with Gasteiger partial charge in [0.25, 0.3) is 0 Å². The predicted molar refractivity (Wildman–Crippen MR) is 45.5 cm³/mol. The second kappa shape index (κ2) is 2.85. The largest absolute Gasteiger partial charge is 0.476 e. The molecule has 0 aliphatic carbocycles. The predicted octanol–water partition coefficient (Wildman–Crippen LogP) is -0.145. The fourth-order valence-corrected chi connectivity index (χ4v) is 1.58. The minimum Gasteiger partial charge on any atom is -0.476 e.